The van der Waals surface area contributed by atoms with E-state index in [2.05, 4.69) is 5.32 Å². The van der Waals surface area contributed by atoms with Crippen LogP contribution in [0.1, 0.15) is 21.5 Å². The summed E-state index contributed by atoms with van der Waals surface area (Å²) >= 11 is 0. The van der Waals surface area contributed by atoms with Crippen LogP contribution >= 0.6 is 0 Å². The quantitative estimate of drug-likeness (QED) is 0.652. The maximum absolute atomic E-state index is 13.3. The molecule has 0 aliphatic rings. The zero-order valence-electron chi connectivity index (χ0n) is 13.5. The number of carbonyl (C=O) groups excluding carboxylic acids is 1. The maximum Gasteiger partial charge on any atom is 0.305 e. The number of hydrogen-bond acceptors (Lipinski definition) is 4. The molecule has 0 aliphatic heterocycles. The molecular formula is C17H18FN3O3. The maximum atomic E-state index is 13.3. The molecule has 24 heavy (non-hydrogen) atoms. The molecule has 7 heteroatoms. The highest BCUT2D eigenvalue weighted by Gasteiger charge is 2.17. The zero-order chi connectivity index (χ0) is 17.7. The van der Waals surface area contributed by atoms with E-state index in [1.165, 1.54) is 6.07 Å². The molecule has 0 fully saturated rings. The third-order valence-electron chi connectivity index (χ3n) is 3.45. The van der Waals surface area contributed by atoms with E-state index in [4.69, 9.17) is 0 Å². The van der Waals surface area contributed by atoms with Crippen LogP contribution in [0.5, 0.6) is 0 Å². The predicted octanol–water partition coefficient (Wildman–Crippen LogP) is 2.73. The molecule has 0 atom stereocenters. The molecule has 126 valence electrons. The Morgan fingerprint density at radius 1 is 1.21 bits per heavy atom. The summed E-state index contributed by atoms with van der Waals surface area (Å²) in [6.07, 6.45) is 0. The Balaban J connectivity index is 2.12. The van der Waals surface area contributed by atoms with Gasteiger partial charge in [0.15, 0.2) is 0 Å². The summed E-state index contributed by atoms with van der Waals surface area (Å²) in [6, 6.07) is 10.8. The van der Waals surface area contributed by atoms with Crippen LogP contribution in [0.2, 0.25) is 0 Å². The summed E-state index contributed by atoms with van der Waals surface area (Å²) in [6.45, 7) is 1.02. The molecule has 0 aliphatic carbocycles. The number of benzene rings is 2. The minimum Gasteiger partial charge on any atom is -0.348 e. The molecule has 0 radical (unpaired) electrons. The lowest BCUT2D eigenvalue weighted by molar-refractivity contribution is -0.387. The number of nitrogens with zero attached hydrogens (tertiary/aromatic N) is 2. The molecule has 0 unspecified atom stereocenters. The van der Waals surface area contributed by atoms with Crippen molar-refractivity contribution in [3.05, 3.63) is 75.1 Å². The van der Waals surface area contributed by atoms with E-state index in [0.29, 0.717) is 0 Å². The van der Waals surface area contributed by atoms with Gasteiger partial charge in [-0.3, -0.25) is 14.9 Å². The summed E-state index contributed by atoms with van der Waals surface area (Å²) in [5, 5.41) is 13.5. The molecule has 0 bridgehead atoms. The Labute approximate surface area is 139 Å². The first-order valence-corrected chi connectivity index (χ1v) is 7.32. The zero-order valence-corrected chi connectivity index (χ0v) is 13.5. The Morgan fingerprint density at radius 3 is 2.50 bits per heavy atom. The van der Waals surface area contributed by atoms with Gasteiger partial charge in [0, 0.05) is 24.7 Å². The number of hydrogen-bond donors (Lipinski definition) is 1. The van der Waals surface area contributed by atoms with Crippen LogP contribution in [-0.2, 0) is 13.1 Å². The second kappa shape index (κ2) is 7.65. The SMILES string of the molecule is CN(C)Cc1ccccc1CNC(=O)c1ccc(F)c([N+](=O)[O-])c1. The Morgan fingerprint density at radius 2 is 1.88 bits per heavy atom. The number of nitro groups is 1. The number of nitro benzene ring substituents is 1. The first kappa shape index (κ1) is 17.6. The second-order valence-corrected chi connectivity index (χ2v) is 5.61. The van der Waals surface area contributed by atoms with Crippen molar-refractivity contribution < 1.29 is 14.1 Å². The molecule has 2 aromatic rings. The van der Waals surface area contributed by atoms with Crippen LogP contribution in [0.4, 0.5) is 10.1 Å². The van der Waals surface area contributed by atoms with Crippen molar-refractivity contribution in [3.8, 4) is 0 Å². The largest absolute Gasteiger partial charge is 0.348 e. The fourth-order valence-electron chi connectivity index (χ4n) is 2.30. The highest BCUT2D eigenvalue weighted by atomic mass is 19.1. The monoisotopic (exact) mass is 331 g/mol. The van der Waals surface area contributed by atoms with Crippen molar-refractivity contribution in [1.82, 2.24) is 10.2 Å². The number of carbonyl (C=O) groups is 1. The van der Waals surface area contributed by atoms with Crippen molar-refractivity contribution in [1.29, 1.82) is 0 Å². The van der Waals surface area contributed by atoms with Gasteiger partial charge in [0.2, 0.25) is 5.82 Å². The van der Waals surface area contributed by atoms with Gasteiger partial charge in [0.05, 0.1) is 4.92 Å². The molecule has 2 aromatic carbocycles. The third kappa shape index (κ3) is 4.36. The Hall–Kier alpha value is -2.80. The van der Waals surface area contributed by atoms with Gasteiger partial charge in [-0.25, -0.2) is 0 Å². The summed E-state index contributed by atoms with van der Waals surface area (Å²) in [5.41, 5.74) is 1.37. The van der Waals surface area contributed by atoms with Crippen molar-refractivity contribution >= 4 is 11.6 Å². The average molecular weight is 331 g/mol. The highest BCUT2D eigenvalue weighted by molar-refractivity contribution is 5.94. The standard InChI is InChI=1S/C17H18FN3O3/c1-20(2)11-14-6-4-3-5-13(14)10-19-17(22)12-7-8-15(18)16(9-12)21(23)24/h3-9H,10-11H2,1-2H3,(H,19,22). The molecule has 0 spiro atoms. The van der Waals surface area contributed by atoms with Gasteiger partial charge in [-0.2, -0.15) is 4.39 Å². The Bertz CT molecular complexity index is 762. The van der Waals surface area contributed by atoms with Crippen molar-refractivity contribution in [3.63, 3.8) is 0 Å². The molecule has 0 saturated carbocycles. The molecule has 0 saturated heterocycles. The van der Waals surface area contributed by atoms with E-state index >= 15 is 0 Å². The molecule has 1 N–H and O–H groups in total. The van der Waals surface area contributed by atoms with E-state index in [1.54, 1.807) is 0 Å². The number of halogens is 1. The van der Waals surface area contributed by atoms with Crippen LogP contribution < -0.4 is 5.32 Å². The van der Waals surface area contributed by atoms with Gasteiger partial charge < -0.3 is 10.2 Å². The van der Waals surface area contributed by atoms with Crippen LogP contribution in [0.15, 0.2) is 42.5 Å². The molecule has 6 nitrogen and oxygen atoms in total. The minimum atomic E-state index is -0.965. The first-order valence-electron chi connectivity index (χ1n) is 7.32. The average Bonchev–Trinajstić information content (AvgIpc) is 2.53. The topological polar surface area (TPSA) is 75.5 Å². The lowest BCUT2D eigenvalue weighted by atomic mass is 10.1. The lowest BCUT2D eigenvalue weighted by Crippen LogP contribution is -2.24. The van der Waals surface area contributed by atoms with Crippen LogP contribution in [0.25, 0.3) is 0 Å². The van der Waals surface area contributed by atoms with Crippen LogP contribution in [-0.4, -0.2) is 29.8 Å². The van der Waals surface area contributed by atoms with Crippen LogP contribution in [0, 0.1) is 15.9 Å². The van der Waals surface area contributed by atoms with Gasteiger partial charge in [0.25, 0.3) is 5.91 Å². The van der Waals surface area contributed by atoms with E-state index < -0.39 is 22.3 Å². The van der Waals surface area contributed by atoms with Crippen molar-refractivity contribution in [2.45, 2.75) is 13.1 Å². The van der Waals surface area contributed by atoms with E-state index in [-0.39, 0.29) is 12.1 Å². The van der Waals surface area contributed by atoms with Gasteiger partial charge in [-0.15, -0.1) is 0 Å². The van der Waals surface area contributed by atoms with Crippen molar-refractivity contribution in [2.24, 2.45) is 0 Å². The normalized spacial score (nSPS) is 10.7. The van der Waals surface area contributed by atoms with Crippen molar-refractivity contribution in [2.75, 3.05) is 14.1 Å². The smallest absolute Gasteiger partial charge is 0.305 e. The van der Waals surface area contributed by atoms with Gasteiger partial charge >= 0.3 is 5.69 Å². The summed E-state index contributed by atoms with van der Waals surface area (Å²) in [4.78, 5) is 24.1. The Kier molecular flexibility index (Phi) is 5.59. The second-order valence-electron chi connectivity index (χ2n) is 5.61. The lowest BCUT2D eigenvalue weighted by Gasteiger charge is -2.14. The predicted molar refractivity (Wildman–Crippen MR) is 88.1 cm³/mol. The first-order chi connectivity index (χ1) is 11.4. The van der Waals surface area contributed by atoms with Crippen LogP contribution in [0.3, 0.4) is 0 Å². The number of amides is 1. The fraction of sp³-hybridized carbons (Fsp3) is 0.235. The van der Waals surface area contributed by atoms with E-state index in [0.717, 1.165) is 29.8 Å². The van der Waals surface area contributed by atoms with Gasteiger partial charge in [-0.05, 0) is 37.4 Å². The summed E-state index contributed by atoms with van der Waals surface area (Å²) in [7, 11) is 3.90. The van der Waals surface area contributed by atoms with E-state index in [9.17, 15) is 19.3 Å². The molecule has 2 rings (SSSR count). The summed E-state index contributed by atoms with van der Waals surface area (Å²) in [5.74, 6) is -1.45. The molecule has 0 heterocycles. The fourth-order valence-corrected chi connectivity index (χ4v) is 2.30. The van der Waals surface area contributed by atoms with Gasteiger partial charge in [0.1, 0.15) is 0 Å². The number of rotatable bonds is 6. The van der Waals surface area contributed by atoms with E-state index in [1.807, 2.05) is 43.3 Å². The third-order valence-corrected chi connectivity index (χ3v) is 3.45. The number of nitrogens with one attached hydrogen (secondary N) is 1. The molecular weight excluding hydrogens is 313 g/mol. The highest BCUT2D eigenvalue weighted by Crippen LogP contribution is 2.18. The molecule has 1 amide bonds. The minimum absolute atomic E-state index is 0.0493. The van der Waals surface area contributed by atoms with Gasteiger partial charge in [-0.1, -0.05) is 24.3 Å². The summed E-state index contributed by atoms with van der Waals surface area (Å²) < 4.78 is 13.3. The molecule has 0 aromatic heterocycles.